The second-order valence-corrected chi connectivity index (χ2v) is 7.90. The van der Waals surface area contributed by atoms with E-state index in [1.54, 1.807) is 25.2 Å². The lowest BCUT2D eigenvalue weighted by Crippen LogP contribution is -2.37. The first-order chi connectivity index (χ1) is 14.8. The molecule has 3 heterocycles. The summed E-state index contributed by atoms with van der Waals surface area (Å²) in [6.45, 7) is 0.233. The molecule has 1 aliphatic rings. The number of pyridine rings is 1. The van der Waals surface area contributed by atoms with Gasteiger partial charge in [0.2, 0.25) is 0 Å². The average molecular weight is 444 g/mol. The maximum absolute atomic E-state index is 14.0. The number of rotatable bonds is 2. The van der Waals surface area contributed by atoms with E-state index in [2.05, 4.69) is 9.97 Å². The van der Waals surface area contributed by atoms with Gasteiger partial charge in [0.15, 0.2) is 11.6 Å². The Morgan fingerprint density at radius 1 is 1.13 bits per heavy atom. The number of halogens is 3. The number of hydrogen-bond acceptors (Lipinski definition) is 3. The van der Waals surface area contributed by atoms with Crippen LogP contribution in [0, 0.1) is 11.6 Å². The summed E-state index contributed by atoms with van der Waals surface area (Å²) in [5, 5.41) is 1.50. The van der Waals surface area contributed by atoms with Gasteiger partial charge in [0.05, 0.1) is 24.6 Å². The molecule has 5 rings (SSSR count). The topological polar surface area (TPSA) is 78.2 Å². The maximum atomic E-state index is 14.0. The second-order valence-electron chi connectivity index (χ2n) is 7.49. The lowest BCUT2D eigenvalue weighted by Gasteiger charge is -2.33. The summed E-state index contributed by atoms with van der Waals surface area (Å²) in [5.74, 6) is -2.51. The molecule has 0 aliphatic carbocycles. The molecule has 0 fully saturated rings. The van der Waals surface area contributed by atoms with E-state index in [0.717, 1.165) is 17.6 Å². The molecule has 9 heteroatoms. The Balaban J connectivity index is 1.62. The number of nitrogens with one attached hydrogen (secondary N) is 2. The monoisotopic (exact) mass is 443 g/mol. The highest BCUT2D eigenvalue weighted by Crippen LogP contribution is 2.34. The van der Waals surface area contributed by atoms with Crippen LogP contribution in [0.3, 0.4) is 0 Å². The van der Waals surface area contributed by atoms with Crippen LogP contribution in [0.1, 0.15) is 27.8 Å². The van der Waals surface area contributed by atoms with E-state index in [4.69, 9.17) is 16.3 Å². The fourth-order valence-corrected chi connectivity index (χ4v) is 4.34. The van der Waals surface area contributed by atoms with Gasteiger partial charge in [-0.25, -0.2) is 8.78 Å². The van der Waals surface area contributed by atoms with E-state index in [1.165, 1.54) is 4.90 Å². The van der Waals surface area contributed by atoms with Gasteiger partial charge in [-0.2, -0.15) is 0 Å². The first-order valence-corrected chi connectivity index (χ1v) is 9.89. The largest absolute Gasteiger partial charge is 0.373 e. The van der Waals surface area contributed by atoms with Crippen molar-refractivity contribution in [3.8, 4) is 0 Å². The molecule has 6 nitrogen and oxygen atoms in total. The number of amides is 1. The van der Waals surface area contributed by atoms with E-state index in [1.807, 2.05) is 6.07 Å². The number of ether oxygens (including phenoxy) is 1. The highest BCUT2D eigenvalue weighted by atomic mass is 35.5. The molecule has 1 amide bonds. The molecule has 2 N–H and O–H groups in total. The predicted molar refractivity (Wildman–Crippen MR) is 112 cm³/mol. The van der Waals surface area contributed by atoms with Gasteiger partial charge in [-0.05, 0) is 35.7 Å². The average Bonchev–Trinajstić information content (AvgIpc) is 3.19. The van der Waals surface area contributed by atoms with Gasteiger partial charge in [-0.1, -0.05) is 17.7 Å². The lowest BCUT2D eigenvalue weighted by molar-refractivity contribution is 0.0333. The van der Waals surface area contributed by atoms with Crippen LogP contribution in [0.25, 0.3) is 21.7 Å². The SMILES string of the molecule is CN(C(=O)c1cc2c(Cl)cccc2[nH]1)[C@@H]1COCc2[nH]c(=O)c3cc(F)c(F)cc3c21. The van der Waals surface area contributed by atoms with Crippen molar-refractivity contribution >= 4 is 39.2 Å². The Hall–Kier alpha value is -3.23. The predicted octanol–water partition coefficient (Wildman–Crippen LogP) is 4.28. The Labute approximate surface area is 179 Å². The van der Waals surface area contributed by atoms with Gasteiger partial charge in [0, 0.05) is 34.2 Å². The third kappa shape index (κ3) is 3.10. The second kappa shape index (κ2) is 7.18. The van der Waals surface area contributed by atoms with Crippen molar-refractivity contribution in [2.45, 2.75) is 12.6 Å². The van der Waals surface area contributed by atoms with Crippen molar-refractivity contribution in [3.63, 3.8) is 0 Å². The van der Waals surface area contributed by atoms with Gasteiger partial charge in [0.1, 0.15) is 5.69 Å². The van der Waals surface area contributed by atoms with Crippen LogP contribution in [0.2, 0.25) is 5.02 Å². The number of nitrogens with zero attached hydrogens (tertiary/aromatic N) is 1. The third-order valence-corrected chi connectivity index (χ3v) is 6.00. The molecule has 0 radical (unpaired) electrons. The van der Waals surface area contributed by atoms with Gasteiger partial charge >= 0.3 is 0 Å². The summed E-state index contributed by atoms with van der Waals surface area (Å²) in [7, 11) is 1.59. The van der Waals surface area contributed by atoms with Crippen molar-refractivity contribution in [2.75, 3.05) is 13.7 Å². The van der Waals surface area contributed by atoms with Crippen molar-refractivity contribution in [1.29, 1.82) is 0 Å². The fourth-order valence-electron chi connectivity index (χ4n) is 4.11. The number of fused-ring (bicyclic) bond motifs is 4. The number of carbonyl (C=O) groups excluding carboxylic acids is 1. The lowest BCUT2D eigenvalue weighted by atomic mass is 9.95. The van der Waals surface area contributed by atoms with E-state index in [-0.39, 0.29) is 29.9 Å². The summed E-state index contributed by atoms with van der Waals surface area (Å²) in [4.78, 5) is 32.8. The Morgan fingerprint density at radius 2 is 1.87 bits per heavy atom. The summed E-state index contributed by atoms with van der Waals surface area (Å²) >= 11 is 6.21. The number of hydrogen-bond donors (Lipinski definition) is 2. The standard InChI is InChI=1S/C22H16ClF2N3O3/c1-28(22(30)17-7-12-13(23)3-2-4-16(12)26-17)19-9-31-8-18-20(19)10-5-14(24)15(25)6-11(10)21(29)27-18/h2-7,19,26H,8-9H2,1H3,(H,27,29)/t19-/m1/s1. The highest BCUT2D eigenvalue weighted by molar-refractivity contribution is 6.35. The normalized spacial score (nSPS) is 15.9. The molecular weight excluding hydrogens is 428 g/mol. The Bertz CT molecular complexity index is 1430. The number of H-pyrrole nitrogens is 2. The number of aromatic amines is 2. The quantitative estimate of drug-likeness (QED) is 0.485. The van der Waals surface area contributed by atoms with Crippen molar-refractivity contribution in [2.24, 2.45) is 0 Å². The van der Waals surface area contributed by atoms with E-state index in [0.29, 0.717) is 27.4 Å². The number of likely N-dealkylation sites (N-methyl/N-ethyl adjacent to an activating group) is 1. The van der Waals surface area contributed by atoms with Crippen molar-refractivity contribution < 1.29 is 18.3 Å². The van der Waals surface area contributed by atoms with Crippen LogP contribution in [0.4, 0.5) is 8.78 Å². The summed E-state index contributed by atoms with van der Waals surface area (Å²) in [6, 6.07) is 8.24. The smallest absolute Gasteiger partial charge is 0.270 e. The first kappa shape index (κ1) is 19.7. The molecule has 0 bridgehead atoms. The Morgan fingerprint density at radius 3 is 2.61 bits per heavy atom. The molecule has 2 aromatic carbocycles. The highest BCUT2D eigenvalue weighted by Gasteiger charge is 2.32. The minimum Gasteiger partial charge on any atom is -0.373 e. The fraction of sp³-hybridized carbons (Fsp3) is 0.182. The van der Waals surface area contributed by atoms with Gasteiger partial charge < -0.3 is 19.6 Å². The van der Waals surface area contributed by atoms with Crippen LogP contribution in [0.5, 0.6) is 0 Å². The summed E-state index contributed by atoms with van der Waals surface area (Å²) in [6.07, 6.45) is 0. The third-order valence-electron chi connectivity index (χ3n) is 5.67. The number of aromatic nitrogens is 2. The summed E-state index contributed by atoms with van der Waals surface area (Å²) in [5.41, 5.74) is 1.46. The van der Waals surface area contributed by atoms with Crippen molar-refractivity contribution in [3.05, 3.63) is 80.4 Å². The Kier molecular flexibility index (Phi) is 4.56. The first-order valence-electron chi connectivity index (χ1n) is 9.51. The van der Waals surface area contributed by atoms with E-state index >= 15 is 0 Å². The molecule has 31 heavy (non-hydrogen) atoms. The van der Waals surface area contributed by atoms with E-state index < -0.39 is 23.2 Å². The minimum absolute atomic E-state index is 0.0165. The zero-order chi connectivity index (χ0) is 21.9. The van der Waals surface area contributed by atoms with Crippen LogP contribution >= 0.6 is 11.6 Å². The molecule has 4 aromatic rings. The minimum atomic E-state index is -1.11. The zero-order valence-electron chi connectivity index (χ0n) is 16.3. The molecule has 0 saturated heterocycles. The molecule has 0 spiro atoms. The molecular formula is C22H16ClF2N3O3. The van der Waals surface area contributed by atoms with Crippen molar-refractivity contribution in [1.82, 2.24) is 14.9 Å². The molecule has 2 aromatic heterocycles. The van der Waals surface area contributed by atoms with Crippen LogP contribution in [-0.2, 0) is 11.3 Å². The number of carbonyl (C=O) groups is 1. The molecule has 1 atom stereocenters. The van der Waals surface area contributed by atoms with Crippen LogP contribution < -0.4 is 5.56 Å². The maximum Gasteiger partial charge on any atom is 0.270 e. The van der Waals surface area contributed by atoms with Crippen LogP contribution in [0.15, 0.2) is 41.2 Å². The molecule has 0 unspecified atom stereocenters. The zero-order valence-corrected chi connectivity index (χ0v) is 17.0. The summed E-state index contributed by atoms with van der Waals surface area (Å²) < 4.78 is 33.4. The van der Waals surface area contributed by atoms with Crippen LogP contribution in [-0.4, -0.2) is 34.4 Å². The number of benzene rings is 2. The van der Waals surface area contributed by atoms with Gasteiger partial charge in [0.25, 0.3) is 11.5 Å². The van der Waals surface area contributed by atoms with E-state index in [9.17, 15) is 18.4 Å². The molecule has 0 saturated carbocycles. The van der Waals surface area contributed by atoms with Gasteiger partial charge in [-0.3, -0.25) is 9.59 Å². The van der Waals surface area contributed by atoms with Gasteiger partial charge in [-0.15, -0.1) is 0 Å². The molecule has 1 aliphatic heterocycles. The molecule has 158 valence electrons.